The van der Waals surface area contributed by atoms with Gasteiger partial charge in [-0.1, -0.05) is 311 Å². The summed E-state index contributed by atoms with van der Waals surface area (Å²) in [6.07, 6.45) is 4.53. The number of carboxylic acid groups (broad SMARTS) is 3. The summed E-state index contributed by atoms with van der Waals surface area (Å²) in [7, 11) is 0. The summed E-state index contributed by atoms with van der Waals surface area (Å²) >= 11 is 9.90. The van der Waals surface area contributed by atoms with Gasteiger partial charge in [-0.25, -0.2) is 17.6 Å². The predicted octanol–water partition coefficient (Wildman–Crippen LogP) is 24.5. The van der Waals surface area contributed by atoms with Crippen LogP contribution in [0.2, 0.25) is 0 Å². The standard InChI is InChI=1S/2C22H19FO.C16H14BrFO.C14H12O2.2C8H7BrO2.C7H8FN.2CH4/c2*23-21-11-5-6-17(15-21)12-13-22(24)16-18-7-4-10-20(14-18)19-8-2-1-3-9-19;17-14-5-1-4-13(9-14)11-16(19)8-7-12-3-2-6-15(18)10-12;15-14(16)10-11-5-4-8-13(9-11)12-6-2-1-3-7-12;2*9-7-3-1-2-6(4-7)5-8(10)11;8-7-3-1-2-6(4-7)5-9;;/h2*1-11,14-15H,12-13,16H2;1-6,9-10H,7-8,11H2;1-9H,10H2,(H,15,16);2*1-4H,5H2,(H,10,11);1-4H,5,9H2;2*1H4. The molecule has 13 rings (SSSR count). The molecule has 598 valence electrons. The second kappa shape index (κ2) is 52.7. The fourth-order valence-electron chi connectivity index (χ4n) is 11.5. The SMILES string of the molecule is C.C.NCc1cccc(F)c1.O=C(CCc1cccc(F)c1)Cc1cccc(-c2ccccc2)c1.O=C(CCc1cccc(F)c1)Cc1cccc(-c2ccccc2)c1.O=C(CCc1cccc(F)c1)Cc1cccc(Br)c1.O=C(O)Cc1cccc(-c2ccccc2)c1.O=C(O)Cc1cccc(Br)c1.O=C(O)Cc1cccc(Br)c1. The molecular weight excluding hydrogens is 1660 g/mol. The molecule has 10 nitrogen and oxygen atoms in total. The maximum absolute atomic E-state index is 13.2. The van der Waals surface area contributed by atoms with Crippen molar-refractivity contribution in [3.05, 3.63) is 426 Å². The van der Waals surface area contributed by atoms with Crippen LogP contribution in [0.5, 0.6) is 0 Å². The van der Waals surface area contributed by atoms with Crippen molar-refractivity contribution in [1.29, 1.82) is 0 Å². The number of Topliss-reactive ketones (excluding diaryl/α,β-unsaturated/α-hetero) is 3. The van der Waals surface area contributed by atoms with Crippen molar-refractivity contribution in [3.8, 4) is 33.4 Å². The highest BCUT2D eigenvalue weighted by Crippen LogP contribution is 2.25. The zero-order valence-electron chi connectivity index (χ0n) is 62.5. The highest BCUT2D eigenvalue weighted by Gasteiger charge is 2.11. The third kappa shape index (κ3) is 38.5. The van der Waals surface area contributed by atoms with Crippen molar-refractivity contribution < 1.29 is 61.6 Å². The number of halogens is 7. The van der Waals surface area contributed by atoms with E-state index in [0.717, 1.165) is 102 Å². The fourth-order valence-corrected chi connectivity index (χ4v) is 12.8. The lowest BCUT2D eigenvalue weighted by Crippen LogP contribution is -2.04. The van der Waals surface area contributed by atoms with Crippen molar-refractivity contribution in [2.75, 3.05) is 0 Å². The Morgan fingerprint density at radius 1 is 0.241 bits per heavy atom. The van der Waals surface area contributed by atoms with E-state index in [1.165, 1.54) is 48.5 Å². The number of aliphatic carboxylic acids is 3. The molecule has 0 saturated carbocycles. The van der Waals surface area contributed by atoms with E-state index in [1.54, 1.807) is 54.6 Å². The van der Waals surface area contributed by atoms with Gasteiger partial charge in [-0.05, 0) is 193 Å². The number of aryl methyl sites for hydroxylation is 3. The van der Waals surface area contributed by atoms with Crippen LogP contribution in [0.4, 0.5) is 17.6 Å². The van der Waals surface area contributed by atoms with Crippen LogP contribution in [0.1, 0.15) is 89.8 Å². The lowest BCUT2D eigenvalue weighted by molar-refractivity contribution is -0.137. The van der Waals surface area contributed by atoms with Gasteiger partial charge in [-0.3, -0.25) is 28.8 Å². The molecule has 0 spiro atoms. The molecule has 0 saturated heterocycles. The molecule has 0 heterocycles. The molecule has 0 bridgehead atoms. The summed E-state index contributed by atoms with van der Waals surface area (Å²) < 4.78 is 54.4. The first-order valence-corrected chi connectivity index (χ1v) is 38.9. The third-order valence-electron chi connectivity index (χ3n) is 16.9. The highest BCUT2D eigenvalue weighted by molar-refractivity contribution is 9.11. The van der Waals surface area contributed by atoms with Gasteiger partial charge in [-0.2, -0.15) is 0 Å². The van der Waals surface area contributed by atoms with Crippen LogP contribution in [0.25, 0.3) is 33.4 Å². The molecule has 0 fully saturated rings. The van der Waals surface area contributed by atoms with E-state index in [0.29, 0.717) is 64.3 Å². The molecule has 0 unspecified atom stereocenters. The normalized spacial score (nSPS) is 10.0. The monoisotopic (exact) mass is 1750 g/mol. The Morgan fingerprint density at radius 3 is 0.690 bits per heavy atom. The first-order chi connectivity index (χ1) is 55.0. The molecule has 13 aromatic rings. The third-order valence-corrected chi connectivity index (χ3v) is 18.4. The van der Waals surface area contributed by atoms with Gasteiger partial charge >= 0.3 is 17.9 Å². The van der Waals surface area contributed by atoms with Gasteiger partial charge < -0.3 is 21.1 Å². The smallest absolute Gasteiger partial charge is 0.307 e. The Hall–Kier alpha value is -11.6. The van der Waals surface area contributed by atoms with Crippen molar-refractivity contribution in [2.24, 2.45) is 5.73 Å². The fraction of sp³-hybridized carbons (Fsp3) is 0.152. The summed E-state index contributed by atoms with van der Waals surface area (Å²) in [6, 6.07) is 102. The minimum atomic E-state index is -0.803. The first-order valence-electron chi connectivity index (χ1n) is 36.5. The van der Waals surface area contributed by atoms with E-state index < -0.39 is 17.9 Å². The van der Waals surface area contributed by atoms with E-state index in [9.17, 15) is 46.3 Å². The summed E-state index contributed by atoms with van der Waals surface area (Å²) in [6.45, 7) is 0.401. The zero-order chi connectivity index (χ0) is 81.8. The minimum absolute atomic E-state index is 0. The van der Waals surface area contributed by atoms with Gasteiger partial charge in [0.1, 0.15) is 40.6 Å². The molecule has 0 aliphatic heterocycles. The number of carbonyl (C=O) groups excluding carboxylic acids is 3. The molecule has 116 heavy (non-hydrogen) atoms. The molecule has 0 aliphatic carbocycles. The topological polar surface area (TPSA) is 189 Å². The van der Waals surface area contributed by atoms with Crippen LogP contribution in [0, 0.1) is 23.3 Å². The van der Waals surface area contributed by atoms with E-state index in [1.807, 2.05) is 182 Å². The van der Waals surface area contributed by atoms with Gasteiger partial charge in [0.15, 0.2) is 0 Å². The Kier molecular flexibility index (Phi) is 43.2. The number of benzene rings is 13. The molecule has 13 aromatic carbocycles. The number of carbonyl (C=O) groups is 6. The number of ketones is 3. The Balaban J connectivity index is 0.000000247. The van der Waals surface area contributed by atoms with Crippen LogP contribution < -0.4 is 5.73 Å². The maximum atomic E-state index is 13.2. The van der Waals surface area contributed by atoms with Crippen LogP contribution in [-0.4, -0.2) is 50.6 Å². The van der Waals surface area contributed by atoms with E-state index in [4.69, 9.17) is 21.1 Å². The van der Waals surface area contributed by atoms with Crippen molar-refractivity contribution in [3.63, 3.8) is 0 Å². The van der Waals surface area contributed by atoms with Gasteiger partial charge in [0, 0.05) is 58.5 Å². The molecule has 0 atom stereocenters. The van der Waals surface area contributed by atoms with Gasteiger partial charge in [0.2, 0.25) is 0 Å². The van der Waals surface area contributed by atoms with Crippen LogP contribution >= 0.6 is 47.8 Å². The number of rotatable bonds is 25. The lowest BCUT2D eigenvalue weighted by Gasteiger charge is -2.06. The van der Waals surface area contributed by atoms with Crippen LogP contribution in [0.15, 0.2) is 347 Å². The minimum Gasteiger partial charge on any atom is -0.481 e. The summed E-state index contributed by atoms with van der Waals surface area (Å²) in [5.41, 5.74) is 20.8. The van der Waals surface area contributed by atoms with Gasteiger partial charge in [-0.15, -0.1) is 0 Å². The molecule has 0 aromatic heterocycles. The molecular formula is C99H94Br3F4NO9. The number of hydrogen-bond donors (Lipinski definition) is 4. The van der Waals surface area contributed by atoms with E-state index in [2.05, 4.69) is 96.3 Å². The highest BCUT2D eigenvalue weighted by atomic mass is 79.9. The maximum Gasteiger partial charge on any atom is 0.307 e. The molecule has 5 N–H and O–H groups in total. The number of nitrogens with two attached hydrogens (primary N) is 1. The summed E-state index contributed by atoms with van der Waals surface area (Å²) in [4.78, 5) is 67.5. The summed E-state index contributed by atoms with van der Waals surface area (Å²) in [5.74, 6) is -2.88. The quantitative estimate of drug-likeness (QED) is 0.0401. The average Bonchev–Trinajstić information content (AvgIpc) is 0.862. The molecule has 0 aliphatic rings. The number of carboxylic acids is 3. The average molecular weight is 1760 g/mol. The van der Waals surface area contributed by atoms with E-state index in [-0.39, 0.29) is 74.7 Å². The van der Waals surface area contributed by atoms with E-state index >= 15 is 0 Å². The van der Waals surface area contributed by atoms with Crippen molar-refractivity contribution in [2.45, 2.75) is 98.4 Å². The second-order valence-electron chi connectivity index (χ2n) is 26.2. The molecule has 17 heteroatoms. The Morgan fingerprint density at radius 2 is 0.448 bits per heavy atom. The van der Waals surface area contributed by atoms with Crippen LogP contribution in [-0.2, 0) is 93.1 Å². The summed E-state index contributed by atoms with van der Waals surface area (Å²) in [5, 5.41) is 25.6. The predicted molar refractivity (Wildman–Crippen MR) is 470 cm³/mol. The van der Waals surface area contributed by atoms with Crippen molar-refractivity contribution in [1.82, 2.24) is 0 Å². The Labute approximate surface area is 703 Å². The number of hydrogen-bond acceptors (Lipinski definition) is 7. The Bertz CT molecular complexity index is 5010. The second-order valence-corrected chi connectivity index (χ2v) is 28.9. The lowest BCUT2D eigenvalue weighted by atomic mass is 9.98. The van der Waals surface area contributed by atoms with Crippen molar-refractivity contribution >= 4 is 83.0 Å². The van der Waals surface area contributed by atoms with Crippen LogP contribution in [0.3, 0.4) is 0 Å². The zero-order valence-corrected chi connectivity index (χ0v) is 67.2. The molecule has 0 radical (unpaired) electrons. The van der Waals surface area contributed by atoms with Gasteiger partial charge in [0.25, 0.3) is 0 Å². The largest absolute Gasteiger partial charge is 0.481 e. The first kappa shape index (κ1) is 95.0. The van der Waals surface area contributed by atoms with Gasteiger partial charge in [0.05, 0.1) is 19.3 Å². The molecule has 0 amide bonds.